The Morgan fingerprint density at radius 3 is 2.53 bits per heavy atom. The van der Waals surface area contributed by atoms with E-state index in [-0.39, 0.29) is 10.7 Å². The Bertz CT molecular complexity index is 569. The van der Waals surface area contributed by atoms with Gasteiger partial charge in [-0.05, 0) is 19.8 Å². The average Bonchev–Trinajstić information content (AvgIpc) is 2.95. The second-order valence-electron chi connectivity index (χ2n) is 4.85. The quantitative estimate of drug-likeness (QED) is 0.834. The number of aryl methyl sites for hydroxylation is 1. The number of hydrogen-bond acceptors (Lipinski definition) is 5. The van der Waals surface area contributed by atoms with Crippen LogP contribution in [-0.4, -0.2) is 50.0 Å². The predicted molar refractivity (Wildman–Crippen MR) is 72.0 cm³/mol. The van der Waals surface area contributed by atoms with Crippen molar-refractivity contribution in [3.63, 3.8) is 0 Å². The molecular formula is C12H19N3O3S. The molecule has 0 radical (unpaired) electrons. The van der Waals surface area contributed by atoms with Crippen molar-refractivity contribution in [2.45, 2.75) is 24.7 Å². The third-order valence-electron chi connectivity index (χ3n) is 3.02. The van der Waals surface area contributed by atoms with Crippen LogP contribution in [0.15, 0.2) is 15.6 Å². The first kappa shape index (κ1) is 14.1. The fraction of sp³-hybridized carbons (Fsp3) is 0.583. The molecule has 1 aliphatic rings. The molecule has 0 N–H and O–H groups in total. The van der Waals surface area contributed by atoms with Crippen LogP contribution in [-0.2, 0) is 10.0 Å². The van der Waals surface area contributed by atoms with E-state index in [1.165, 1.54) is 4.31 Å². The first-order chi connectivity index (χ1) is 8.93. The minimum absolute atomic E-state index is 0.188. The molecule has 0 saturated carbocycles. The minimum atomic E-state index is -3.50. The minimum Gasteiger partial charge on any atom is -0.383 e. The van der Waals surface area contributed by atoms with E-state index in [0.717, 1.165) is 12.8 Å². The summed E-state index contributed by atoms with van der Waals surface area (Å²) in [6.45, 7) is 2.80. The highest BCUT2D eigenvalue weighted by molar-refractivity contribution is 7.89. The lowest BCUT2D eigenvalue weighted by molar-refractivity contribution is 0.404. The summed E-state index contributed by atoms with van der Waals surface area (Å²) in [6, 6.07) is 0. The van der Waals surface area contributed by atoms with E-state index < -0.39 is 10.0 Å². The molecule has 0 aliphatic carbocycles. The monoisotopic (exact) mass is 285 g/mol. The maximum atomic E-state index is 12.6. The summed E-state index contributed by atoms with van der Waals surface area (Å²) >= 11 is 0. The summed E-state index contributed by atoms with van der Waals surface area (Å²) in [5.41, 5.74) is 0.408. The first-order valence-corrected chi connectivity index (χ1v) is 7.68. The van der Waals surface area contributed by atoms with Crippen LogP contribution in [0.3, 0.4) is 0 Å². The molecule has 1 aliphatic heterocycles. The van der Waals surface area contributed by atoms with Crippen LogP contribution in [0, 0.1) is 6.92 Å². The van der Waals surface area contributed by atoms with Gasteiger partial charge in [0.15, 0.2) is 10.7 Å². The first-order valence-electron chi connectivity index (χ1n) is 6.24. The number of rotatable bonds is 4. The van der Waals surface area contributed by atoms with Crippen LogP contribution in [0.25, 0.3) is 6.08 Å². The van der Waals surface area contributed by atoms with Crippen LogP contribution in [0.5, 0.6) is 0 Å². The summed E-state index contributed by atoms with van der Waals surface area (Å²) in [6.07, 6.45) is 5.19. The molecule has 1 saturated heterocycles. The molecule has 0 bridgehead atoms. The molecule has 0 atom stereocenters. The standard InChI is InChI=1S/C12H19N3O3S/c1-10-12(11(18-13-10)6-9-14(2)3)19(16,17)15-7-4-5-8-15/h6,9H,4-5,7-8H2,1-3H3. The second-order valence-corrected chi connectivity index (χ2v) is 6.73. The van der Waals surface area contributed by atoms with Gasteiger partial charge in [0.2, 0.25) is 10.0 Å². The normalized spacial score (nSPS) is 17.4. The Morgan fingerprint density at radius 1 is 1.32 bits per heavy atom. The van der Waals surface area contributed by atoms with E-state index in [0.29, 0.717) is 18.8 Å². The molecule has 0 aromatic carbocycles. The molecular weight excluding hydrogens is 266 g/mol. The molecule has 1 aromatic heterocycles. The topological polar surface area (TPSA) is 66.7 Å². The number of hydrogen-bond donors (Lipinski definition) is 0. The molecule has 7 heteroatoms. The highest BCUT2D eigenvalue weighted by Gasteiger charge is 2.33. The molecule has 0 amide bonds. The second kappa shape index (κ2) is 5.34. The fourth-order valence-corrected chi connectivity index (χ4v) is 3.84. The van der Waals surface area contributed by atoms with Gasteiger partial charge < -0.3 is 9.42 Å². The van der Waals surface area contributed by atoms with Gasteiger partial charge in [-0.25, -0.2) is 8.42 Å². The van der Waals surface area contributed by atoms with Crippen LogP contribution in [0.2, 0.25) is 0 Å². The highest BCUT2D eigenvalue weighted by Crippen LogP contribution is 2.27. The van der Waals surface area contributed by atoms with Crippen LogP contribution in [0.4, 0.5) is 0 Å². The summed E-state index contributed by atoms with van der Waals surface area (Å²) < 4.78 is 31.7. The van der Waals surface area contributed by atoms with E-state index >= 15 is 0 Å². The lowest BCUT2D eigenvalue weighted by Gasteiger charge is -2.14. The van der Waals surface area contributed by atoms with Gasteiger partial charge in [-0.15, -0.1) is 0 Å². The number of aromatic nitrogens is 1. The summed E-state index contributed by atoms with van der Waals surface area (Å²) in [5, 5.41) is 3.78. The Balaban J connectivity index is 2.41. The summed E-state index contributed by atoms with van der Waals surface area (Å²) in [4.78, 5) is 2.00. The molecule has 106 valence electrons. The van der Waals surface area contributed by atoms with Crippen molar-refractivity contribution in [1.29, 1.82) is 0 Å². The average molecular weight is 285 g/mol. The van der Waals surface area contributed by atoms with Crippen LogP contribution in [0.1, 0.15) is 24.3 Å². The predicted octanol–water partition coefficient (Wildman–Crippen LogP) is 1.30. The Hall–Kier alpha value is -1.34. The van der Waals surface area contributed by atoms with Gasteiger partial charge in [-0.3, -0.25) is 0 Å². The molecule has 0 spiro atoms. The van der Waals surface area contributed by atoms with Gasteiger partial charge in [-0.1, -0.05) is 5.16 Å². The van der Waals surface area contributed by atoms with Crippen molar-refractivity contribution in [2.75, 3.05) is 27.2 Å². The highest BCUT2D eigenvalue weighted by atomic mass is 32.2. The van der Waals surface area contributed by atoms with Crippen molar-refractivity contribution in [2.24, 2.45) is 0 Å². The largest absolute Gasteiger partial charge is 0.383 e. The van der Waals surface area contributed by atoms with Gasteiger partial charge in [0.05, 0.1) is 0 Å². The van der Waals surface area contributed by atoms with Gasteiger partial charge in [0.25, 0.3) is 0 Å². The zero-order chi connectivity index (χ0) is 14.0. The maximum absolute atomic E-state index is 12.6. The third-order valence-corrected chi connectivity index (χ3v) is 5.08. The zero-order valence-electron chi connectivity index (χ0n) is 11.5. The van der Waals surface area contributed by atoms with Crippen molar-refractivity contribution in [3.05, 3.63) is 17.7 Å². The van der Waals surface area contributed by atoms with E-state index in [4.69, 9.17) is 4.52 Å². The third kappa shape index (κ3) is 2.82. The molecule has 19 heavy (non-hydrogen) atoms. The molecule has 1 fully saturated rings. The van der Waals surface area contributed by atoms with Crippen LogP contribution >= 0.6 is 0 Å². The summed E-state index contributed by atoms with van der Waals surface area (Å²) in [5.74, 6) is 0.290. The Morgan fingerprint density at radius 2 is 1.95 bits per heavy atom. The van der Waals surface area contributed by atoms with Gasteiger partial charge in [-0.2, -0.15) is 4.31 Å². The van der Waals surface area contributed by atoms with Crippen molar-refractivity contribution in [3.8, 4) is 0 Å². The van der Waals surface area contributed by atoms with E-state index in [2.05, 4.69) is 5.16 Å². The molecule has 2 rings (SSSR count). The van der Waals surface area contributed by atoms with Crippen molar-refractivity contribution < 1.29 is 12.9 Å². The Labute approximate surface area is 113 Å². The lowest BCUT2D eigenvalue weighted by Crippen LogP contribution is -2.28. The van der Waals surface area contributed by atoms with Gasteiger partial charge in [0.1, 0.15) is 5.69 Å². The zero-order valence-corrected chi connectivity index (χ0v) is 12.3. The van der Waals surface area contributed by atoms with E-state index in [1.807, 2.05) is 19.0 Å². The van der Waals surface area contributed by atoms with Crippen molar-refractivity contribution in [1.82, 2.24) is 14.4 Å². The van der Waals surface area contributed by atoms with E-state index in [9.17, 15) is 8.42 Å². The molecule has 0 unspecified atom stereocenters. The van der Waals surface area contributed by atoms with Gasteiger partial charge >= 0.3 is 0 Å². The molecule has 2 heterocycles. The molecule has 1 aromatic rings. The van der Waals surface area contributed by atoms with E-state index in [1.54, 1.807) is 19.2 Å². The molecule has 6 nitrogen and oxygen atoms in total. The number of nitrogens with zero attached hydrogens (tertiary/aromatic N) is 3. The van der Waals surface area contributed by atoms with Gasteiger partial charge in [0, 0.05) is 39.5 Å². The number of sulfonamides is 1. The maximum Gasteiger partial charge on any atom is 0.248 e. The summed E-state index contributed by atoms with van der Waals surface area (Å²) in [7, 11) is 0.214. The Kier molecular flexibility index (Phi) is 3.96. The smallest absolute Gasteiger partial charge is 0.248 e. The lowest BCUT2D eigenvalue weighted by atomic mass is 10.4. The SMILES string of the molecule is Cc1noc(C=CN(C)C)c1S(=O)(=O)N1CCCC1. The van der Waals surface area contributed by atoms with Crippen LogP contribution < -0.4 is 0 Å². The fourth-order valence-electron chi connectivity index (χ4n) is 2.07. The van der Waals surface area contributed by atoms with Crippen molar-refractivity contribution >= 4 is 16.1 Å².